The van der Waals surface area contributed by atoms with Gasteiger partial charge in [0.1, 0.15) is 5.75 Å². The summed E-state index contributed by atoms with van der Waals surface area (Å²) in [6.07, 6.45) is 9.00. The van der Waals surface area contributed by atoms with Gasteiger partial charge in [-0.2, -0.15) is 5.26 Å². The Hall–Kier alpha value is -3.05. The van der Waals surface area contributed by atoms with Gasteiger partial charge >= 0.3 is 0 Å². The molecule has 0 amide bonds. The Balaban J connectivity index is 1.66. The van der Waals surface area contributed by atoms with Crippen molar-refractivity contribution in [3.63, 3.8) is 0 Å². The lowest BCUT2D eigenvalue weighted by molar-refractivity contribution is 0.304. The Morgan fingerprint density at radius 3 is 2.03 bits per heavy atom. The van der Waals surface area contributed by atoms with E-state index in [1.807, 2.05) is 30.3 Å². The normalized spacial score (nSPS) is 10.5. The molecule has 154 valence electrons. The summed E-state index contributed by atoms with van der Waals surface area (Å²) in [6, 6.07) is 26.7. The molecule has 0 aliphatic heterocycles. The van der Waals surface area contributed by atoms with E-state index in [0.717, 1.165) is 41.0 Å². The number of hydrogen-bond donors (Lipinski definition) is 0. The van der Waals surface area contributed by atoms with Crippen LogP contribution in [0.15, 0.2) is 72.8 Å². The molecule has 0 radical (unpaired) electrons. The van der Waals surface area contributed by atoms with Crippen LogP contribution in [0.25, 0.3) is 22.3 Å². The number of rotatable bonds is 11. The molecule has 0 aliphatic rings. The minimum absolute atomic E-state index is 0.675. The Bertz CT molecular complexity index is 970. The molecule has 3 aromatic carbocycles. The quantitative estimate of drug-likeness (QED) is 0.307. The Labute approximate surface area is 181 Å². The summed E-state index contributed by atoms with van der Waals surface area (Å²) in [5.41, 5.74) is 5.13. The van der Waals surface area contributed by atoms with E-state index in [9.17, 15) is 5.26 Å². The second-order valence-electron chi connectivity index (χ2n) is 7.74. The highest BCUT2D eigenvalue weighted by atomic mass is 16.5. The molecule has 0 atom stereocenters. The zero-order valence-corrected chi connectivity index (χ0v) is 17.9. The summed E-state index contributed by atoms with van der Waals surface area (Å²) < 4.78 is 6.03. The van der Waals surface area contributed by atoms with Crippen LogP contribution in [0.5, 0.6) is 5.75 Å². The molecule has 30 heavy (non-hydrogen) atoms. The van der Waals surface area contributed by atoms with Crippen molar-refractivity contribution < 1.29 is 4.74 Å². The predicted octanol–water partition coefficient (Wildman–Crippen LogP) is 8.02. The fourth-order valence-electron chi connectivity index (χ4n) is 3.75. The largest absolute Gasteiger partial charge is 0.494 e. The van der Waals surface area contributed by atoms with Crippen molar-refractivity contribution >= 4 is 0 Å². The minimum Gasteiger partial charge on any atom is -0.494 e. The van der Waals surface area contributed by atoms with E-state index in [2.05, 4.69) is 55.5 Å². The highest BCUT2D eigenvalue weighted by Crippen LogP contribution is 2.33. The molecule has 2 heteroatoms. The first-order valence-electron chi connectivity index (χ1n) is 11.1. The van der Waals surface area contributed by atoms with Gasteiger partial charge in [-0.25, -0.2) is 0 Å². The number of hydrogen-bond acceptors (Lipinski definition) is 2. The molecule has 0 heterocycles. The zero-order chi connectivity index (χ0) is 21.0. The maximum absolute atomic E-state index is 9.24. The summed E-state index contributed by atoms with van der Waals surface area (Å²) in [7, 11) is 0. The third-order valence-corrected chi connectivity index (χ3v) is 5.39. The van der Waals surface area contributed by atoms with E-state index in [-0.39, 0.29) is 0 Å². The van der Waals surface area contributed by atoms with Gasteiger partial charge in [-0.1, -0.05) is 94.0 Å². The SMILES string of the molecule is CCCCCCCCCOc1cccc(-c2ccccc2-c2cccc(C#N)c2)c1. The monoisotopic (exact) mass is 397 g/mol. The van der Waals surface area contributed by atoms with E-state index in [4.69, 9.17) is 4.74 Å². The average molecular weight is 398 g/mol. The Morgan fingerprint density at radius 2 is 1.33 bits per heavy atom. The lowest BCUT2D eigenvalue weighted by Crippen LogP contribution is -1.97. The zero-order valence-electron chi connectivity index (χ0n) is 17.9. The van der Waals surface area contributed by atoms with Crippen molar-refractivity contribution in [1.29, 1.82) is 5.26 Å². The van der Waals surface area contributed by atoms with Gasteiger partial charge in [0.05, 0.1) is 18.2 Å². The molecule has 3 aromatic rings. The number of unbranched alkanes of at least 4 members (excludes halogenated alkanes) is 6. The summed E-state index contributed by atoms with van der Waals surface area (Å²) in [6.45, 7) is 3.02. The third kappa shape index (κ3) is 6.22. The Morgan fingerprint density at radius 1 is 0.700 bits per heavy atom. The van der Waals surface area contributed by atoms with Crippen molar-refractivity contribution in [2.45, 2.75) is 51.9 Å². The second kappa shape index (κ2) is 11.8. The van der Waals surface area contributed by atoms with E-state index in [1.54, 1.807) is 0 Å². The van der Waals surface area contributed by atoms with Crippen molar-refractivity contribution in [3.05, 3.63) is 78.4 Å². The van der Waals surface area contributed by atoms with Crippen LogP contribution in [0.1, 0.15) is 57.4 Å². The molecule has 2 nitrogen and oxygen atoms in total. The lowest BCUT2D eigenvalue weighted by atomic mass is 9.94. The summed E-state index contributed by atoms with van der Waals surface area (Å²) in [4.78, 5) is 0. The average Bonchev–Trinajstić information content (AvgIpc) is 2.81. The van der Waals surface area contributed by atoms with Crippen molar-refractivity contribution in [1.82, 2.24) is 0 Å². The van der Waals surface area contributed by atoms with Crippen molar-refractivity contribution in [2.24, 2.45) is 0 Å². The topological polar surface area (TPSA) is 33.0 Å². The molecule has 0 fully saturated rings. The summed E-state index contributed by atoms with van der Waals surface area (Å²) in [5.74, 6) is 0.916. The molecular weight excluding hydrogens is 366 g/mol. The molecule has 0 aliphatic carbocycles. The molecule has 0 saturated carbocycles. The van der Waals surface area contributed by atoms with E-state index in [1.165, 1.54) is 38.5 Å². The first-order chi connectivity index (χ1) is 14.8. The lowest BCUT2D eigenvalue weighted by Gasteiger charge is -2.12. The minimum atomic E-state index is 0.675. The standard InChI is InChI=1S/C28H31NO/c1-2-3-4-5-6-7-10-19-30-26-16-12-15-25(21-26)28-18-9-8-17-27(28)24-14-11-13-23(20-24)22-29/h8-9,11-18,20-21H,2-7,10,19H2,1H3. The van der Waals surface area contributed by atoms with Crippen LogP contribution in [0.4, 0.5) is 0 Å². The molecule has 0 bridgehead atoms. The highest BCUT2D eigenvalue weighted by molar-refractivity contribution is 5.84. The predicted molar refractivity (Wildman–Crippen MR) is 126 cm³/mol. The maximum Gasteiger partial charge on any atom is 0.119 e. The van der Waals surface area contributed by atoms with Gasteiger partial charge in [-0.15, -0.1) is 0 Å². The van der Waals surface area contributed by atoms with E-state index in [0.29, 0.717) is 5.56 Å². The van der Waals surface area contributed by atoms with Gasteiger partial charge in [0.2, 0.25) is 0 Å². The van der Waals surface area contributed by atoms with Crippen LogP contribution < -0.4 is 4.74 Å². The van der Waals surface area contributed by atoms with Gasteiger partial charge in [0.25, 0.3) is 0 Å². The molecule has 0 saturated heterocycles. The van der Waals surface area contributed by atoms with Gasteiger partial charge in [0, 0.05) is 0 Å². The fraction of sp³-hybridized carbons (Fsp3) is 0.321. The molecule has 3 rings (SSSR count). The number of nitriles is 1. The molecule has 0 spiro atoms. The van der Waals surface area contributed by atoms with Crippen LogP contribution in [0.3, 0.4) is 0 Å². The van der Waals surface area contributed by atoms with E-state index >= 15 is 0 Å². The number of benzene rings is 3. The number of nitrogens with zero attached hydrogens (tertiary/aromatic N) is 1. The third-order valence-electron chi connectivity index (χ3n) is 5.39. The fourth-order valence-corrected chi connectivity index (χ4v) is 3.75. The molecule has 0 N–H and O–H groups in total. The highest BCUT2D eigenvalue weighted by Gasteiger charge is 2.08. The Kier molecular flexibility index (Phi) is 8.54. The van der Waals surface area contributed by atoms with Crippen LogP contribution in [-0.2, 0) is 0 Å². The van der Waals surface area contributed by atoms with Crippen LogP contribution in [-0.4, -0.2) is 6.61 Å². The first kappa shape index (κ1) is 21.7. The smallest absolute Gasteiger partial charge is 0.119 e. The molecular formula is C28H31NO. The summed E-state index contributed by atoms with van der Waals surface area (Å²) in [5, 5.41) is 9.24. The van der Waals surface area contributed by atoms with Gasteiger partial charge < -0.3 is 4.74 Å². The van der Waals surface area contributed by atoms with Crippen LogP contribution in [0.2, 0.25) is 0 Å². The van der Waals surface area contributed by atoms with Crippen molar-refractivity contribution in [3.8, 4) is 34.1 Å². The molecule has 0 aromatic heterocycles. The number of ether oxygens (including phenoxy) is 1. The van der Waals surface area contributed by atoms with Gasteiger partial charge in [-0.05, 0) is 52.9 Å². The summed E-state index contributed by atoms with van der Waals surface area (Å²) >= 11 is 0. The second-order valence-corrected chi connectivity index (χ2v) is 7.74. The van der Waals surface area contributed by atoms with Gasteiger partial charge in [-0.3, -0.25) is 0 Å². The van der Waals surface area contributed by atoms with Gasteiger partial charge in [0.15, 0.2) is 0 Å². The first-order valence-corrected chi connectivity index (χ1v) is 11.1. The van der Waals surface area contributed by atoms with Crippen molar-refractivity contribution in [2.75, 3.05) is 6.61 Å². The molecule has 0 unspecified atom stereocenters. The van der Waals surface area contributed by atoms with Crippen LogP contribution >= 0.6 is 0 Å². The van der Waals surface area contributed by atoms with E-state index < -0.39 is 0 Å². The maximum atomic E-state index is 9.24. The van der Waals surface area contributed by atoms with Crippen LogP contribution in [0, 0.1) is 11.3 Å².